The first-order chi connectivity index (χ1) is 14.5. The molecule has 1 aliphatic rings. The molecule has 30 heavy (non-hydrogen) atoms. The molecule has 168 valence electrons. The van der Waals surface area contributed by atoms with E-state index in [-0.39, 0.29) is 29.9 Å². The zero-order valence-corrected chi connectivity index (χ0v) is 19.2. The van der Waals surface area contributed by atoms with E-state index in [9.17, 15) is 9.59 Å². The molecule has 1 fully saturated rings. The monoisotopic (exact) mass is 415 g/mol. The highest BCUT2D eigenvalue weighted by molar-refractivity contribution is 5.87. The van der Waals surface area contributed by atoms with E-state index in [2.05, 4.69) is 55.7 Å². The first-order valence-corrected chi connectivity index (χ1v) is 11.9. The number of nitrogens with zero attached hydrogens (tertiary/aromatic N) is 1. The van der Waals surface area contributed by atoms with Crippen molar-refractivity contribution in [1.29, 1.82) is 0 Å². The van der Waals surface area contributed by atoms with Crippen LogP contribution >= 0.6 is 0 Å². The van der Waals surface area contributed by atoms with Crippen LogP contribution in [0.2, 0.25) is 0 Å². The Bertz CT molecular complexity index is 625. The quantitative estimate of drug-likeness (QED) is 0.506. The normalized spacial score (nSPS) is 20.0. The Kier molecular flexibility index (Phi) is 10.9. The Labute approximate surface area is 183 Å². The number of piperazine rings is 1. The average Bonchev–Trinajstić information content (AvgIpc) is 2.73. The maximum Gasteiger partial charge on any atom is 0.245 e. The lowest BCUT2D eigenvalue weighted by Gasteiger charge is -2.38. The van der Waals surface area contributed by atoms with Gasteiger partial charge >= 0.3 is 0 Å². The summed E-state index contributed by atoms with van der Waals surface area (Å²) in [4.78, 5) is 27.5. The first kappa shape index (κ1) is 24.4. The van der Waals surface area contributed by atoms with Gasteiger partial charge in [-0.1, -0.05) is 62.9 Å². The standard InChI is InChI=1S/C25H41N3O2/c1-4-5-16-23(25(30)28-18-20(2)26-21(3)19-28)27-24(29)17-12-7-6-9-13-22-14-10-8-11-15-22/h8,10-11,14-15,20-21,23,26H,4-7,9,12-13,16-19H2,1-3H3,(H,27,29)/t20?,21?,23-/m0/s1. The second kappa shape index (κ2) is 13.4. The van der Waals surface area contributed by atoms with Crippen molar-refractivity contribution in [3.05, 3.63) is 35.9 Å². The number of carbonyl (C=O) groups is 2. The summed E-state index contributed by atoms with van der Waals surface area (Å²) in [6, 6.07) is 10.7. The maximum absolute atomic E-state index is 13.1. The molecule has 1 aliphatic heterocycles. The largest absolute Gasteiger partial charge is 0.344 e. The third-order valence-electron chi connectivity index (χ3n) is 5.81. The van der Waals surface area contributed by atoms with Gasteiger partial charge in [0.05, 0.1) is 0 Å². The van der Waals surface area contributed by atoms with E-state index in [4.69, 9.17) is 0 Å². The fourth-order valence-corrected chi connectivity index (χ4v) is 4.27. The van der Waals surface area contributed by atoms with Crippen LogP contribution in [0, 0.1) is 0 Å². The Balaban J connectivity index is 1.71. The second-order valence-electron chi connectivity index (χ2n) is 8.87. The van der Waals surface area contributed by atoms with Crippen molar-refractivity contribution in [2.24, 2.45) is 0 Å². The smallest absolute Gasteiger partial charge is 0.245 e. The molecule has 0 saturated carbocycles. The Morgan fingerprint density at radius 3 is 2.37 bits per heavy atom. The van der Waals surface area contributed by atoms with Crippen LogP contribution in [0.25, 0.3) is 0 Å². The van der Waals surface area contributed by atoms with Crippen LogP contribution in [0.15, 0.2) is 30.3 Å². The van der Waals surface area contributed by atoms with Crippen LogP contribution in [0.1, 0.15) is 77.7 Å². The van der Waals surface area contributed by atoms with E-state index in [1.165, 1.54) is 5.56 Å². The molecule has 1 saturated heterocycles. The predicted octanol–water partition coefficient (Wildman–Crippen LogP) is 4.06. The van der Waals surface area contributed by atoms with Gasteiger partial charge in [-0.2, -0.15) is 0 Å². The molecule has 5 heteroatoms. The van der Waals surface area contributed by atoms with Crippen molar-refractivity contribution in [2.45, 2.75) is 96.7 Å². The van der Waals surface area contributed by atoms with Gasteiger partial charge in [0.15, 0.2) is 0 Å². The van der Waals surface area contributed by atoms with Crippen LogP contribution in [-0.2, 0) is 16.0 Å². The number of hydrogen-bond acceptors (Lipinski definition) is 3. The van der Waals surface area contributed by atoms with E-state index < -0.39 is 0 Å². The van der Waals surface area contributed by atoms with Crippen molar-refractivity contribution in [2.75, 3.05) is 13.1 Å². The van der Waals surface area contributed by atoms with Crippen LogP contribution < -0.4 is 10.6 Å². The van der Waals surface area contributed by atoms with E-state index in [1.54, 1.807) is 0 Å². The molecule has 0 radical (unpaired) electrons. The molecule has 0 aromatic heterocycles. The summed E-state index contributed by atoms with van der Waals surface area (Å²) >= 11 is 0. The van der Waals surface area contributed by atoms with Crippen molar-refractivity contribution in [1.82, 2.24) is 15.5 Å². The van der Waals surface area contributed by atoms with Gasteiger partial charge in [0, 0.05) is 31.6 Å². The van der Waals surface area contributed by atoms with Gasteiger partial charge in [-0.15, -0.1) is 0 Å². The van der Waals surface area contributed by atoms with Crippen molar-refractivity contribution in [3.63, 3.8) is 0 Å². The lowest BCUT2D eigenvalue weighted by Crippen LogP contribution is -2.59. The lowest BCUT2D eigenvalue weighted by atomic mass is 10.0. The number of nitrogens with one attached hydrogen (secondary N) is 2. The number of amides is 2. The minimum Gasteiger partial charge on any atom is -0.344 e. The fourth-order valence-electron chi connectivity index (χ4n) is 4.27. The lowest BCUT2D eigenvalue weighted by molar-refractivity contribution is -0.138. The van der Waals surface area contributed by atoms with Crippen LogP contribution in [0.5, 0.6) is 0 Å². The predicted molar refractivity (Wildman–Crippen MR) is 123 cm³/mol. The van der Waals surface area contributed by atoms with E-state index >= 15 is 0 Å². The summed E-state index contributed by atoms with van der Waals surface area (Å²) in [6.07, 6.45) is 8.54. The van der Waals surface area contributed by atoms with Gasteiger partial charge in [0.25, 0.3) is 0 Å². The Morgan fingerprint density at radius 2 is 1.70 bits per heavy atom. The molecule has 1 aromatic rings. The number of hydrogen-bond donors (Lipinski definition) is 2. The third-order valence-corrected chi connectivity index (χ3v) is 5.81. The molecule has 5 nitrogen and oxygen atoms in total. The van der Waals surface area contributed by atoms with Gasteiger partial charge in [-0.25, -0.2) is 0 Å². The average molecular weight is 416 g/mol. The molecule has 0 aliphatic carbocycles. The molecule has 2 rings (SSSR count). The van der Waals surface area contributed by atoms with Crippen molar-refractivity contribution >= 4 is 11.8 Å². The van der Waals surface area contributed by atoms with Gasteiger partial charge < -0.3 is 15.5 Å². The van der Waals surface area contributed by atoms with Crippen LogP contribution in [-0.4, -0.2) is 47.9 Å². The van der Waals surface area contributed by atoms with Gasteiger partial charge in [-0.05, 0) is 45.1 Å². The minimum absolute atomic E-state index is 0.0174. The fraction of sp³-hybridized carbons (Fsp3) is 0.680. The molecule has 1 aromatic carbocycles. The highest BCUT2D eigenvalue weighted by Gasteiger charge is 2.30. The summed E-state index contributed by atoms with van der Waals surface area (Å²) in [7, 11) is 0. The van der Waals surface area contributed by atoms with E-state index in [1.807, 2.05) is 11.0 Å². The zero-order valence-electron chi connectivity index (χ0n) is 19.2. The summed E-state index contributed by atoms with van der Waals surface area (Å²) in [6.45, 7) is 7.75. The highest BCUT2D eigenvalue weighted by atomic mass is 16.2. The molecule has 2 N–H and O–H groups in total. The summed E-state index contributed by atoms with van der Waals surface area (Å²) in [5.41, 5.74) is 1.38. The number of unbranched alkanes of at least 4 members (excludes halogenated alkanes) is 4. The van der Waals surface area contributed by atoms with Gasteiger partial charge in [-0.3, -0.25) is 9.59 Å². The first-order valence-electron chi connectivity index (χ1n) is 11.9. The van der Waals surface area contributed by atoms with Crippen LogP contribution in [0.4, 0.5) is 0 Å². The number of carbonyl (C=O) groups excluding carboxylic acids is 2. The molecule has 3 atom stereocenters. The van der Waals surface area contributed by atoms with Crippen molar-refractivity contribution in [3.8, 4) is 0 Å². The molecule has 2 unspecified atom stereocenters. The van der Waals surface area contributed by atoms with Crippen LogP contribution in [0.3, 0.4) is 0 Å². The minimum atomic E-state index is -0.381. The molecule has 2 amide bonds. The summed E-state index contributed by atoms with van der Waals surface area (Å²) in [5, 5.41) is 6.51. The third kappa shape index (κ3) is 8.86. The van der Waals surface area contributed by atoms with E-state index in [0.29, 0.717) is 19.5 Å². The molecule has 0 bridgehead atoms. The number of benzene rings is 1. The molecular formula is C25H41N3O2. The van der Waals surface area contributed by atoms with Gasteiger partial charge in [0.2, 0.25) is 11.8 Å². The SMILES string of the molecule is CCCC[C@H](NC(=O)CCCCCCc1ccccc1)C(=O)N1CC(C)NC(C)C1. The number of rotatable bonds is 12. The Morgan fingerprint density at radius 1 is 1.03 bits per heavy atom. The van der Waals surface area contributed by atoms with Gasteiger partial charge in [0.1, 0.15) is 6.04 Å². The summed E-state index contributed by atoms with van der Waals surface area (Å²) < 4.78 is 0. The number of aryl methyl sites for hydroxylation is 1. The topological polar surface area (TPSA) is 61.4 Å². The maximum atomic E-state index is 13.1. The Hall–Kier alpha value is -1.88. The van der Waals surface area contributed by atoms with Crippen molar-refractivity contribution < 1.29 is 9.59 Å². The zero-order chi connectivity index (χ0) is 21.8. The second-order valence-corrected chi connectivity index (χ2v) is 8.87. The summed E-state index contributed by atoms with van der Waals surface area (Å²) in [5.74, 6) is 0.101. The highest BCUT2D eigenvalue weighted by Crippen LogP contribution is 2.12. The molecular weight excluding hydrogens is 374 g/mol. The molecule has 1 heterocycles. The van der Waals surface area contributed by atoms with E-state index in [0.717, 1.165) is 51.4 Å². The molecule has 0 spiro atoms.